The Morgan fingerprint density at radius 2 is 1.62 bits per heavy atom. The molecule has 1 aliphatic heterocycles. The molecule has 4 heteroatoms. The molecule has 24 heavy (non-hydrogen) atoms. The van der Waals surface area contributed by atoms with Crippen molar-refractivity contribution in [3.63, 3.8) is 0 Å². The predicted molar refractivity (Wildman–Crippen MR) is 97.2 cm³/mol. The average Bonchev–Trinajstić information content (AvgIpc) is 2.60. The van der Waals surface area contributed by atoms with Crippen molar-refractivity contribution < 1.29 is 9.90 Å². The van der Waals surface area contributed by atoms with Gasteiger partial charge in [0, 0.05) is 39.1 Å². The number of carboxylic acids is 1. The lowest BCUT2D eigenvalue weighted by Gasteiger charge is -2.34. The van der Waals surface area contributed by atoms with E-state index in [-0.39, 0.29) is 0 Å². The first-order chi connectivity index (χ1) is 11.7. The summed E-state index contributed by atoms with van der Waals surface area (Å²) in [5.41, 5.74) is 1.41. The van der Waals surface area contributed by atoms with E-state index in [0.29, 0.717) is 6.42 Å². The summed E-state index contributed by atoms with van der Waals surface area (Å²) >= 11 is 0. The molecule has 0 amide bonds. The van der Waals surface area contributed by atoms with Crippen LogP contribution < -0.4 is 0 Å². The van der Waals surface area contributed by atoms with Crippen LogP contribution in [0, 0.1) is 0 Å². The molecule has 2 aromatic rings. The number of carbonyl (C=O) groups is 1. The monoisotopic (exact) mass is 326 g/mol. The van der Waals surface area contributed by atoms with Crippen molar-refractivity contribution in [2.24, 2.45) is 0 Å². The zero-order valence-electron chi connectivity index (χ0n) is 14.2. The second kappa shape index (κ2) is 8.27. The standard InChI is InChI=1S/C20H26N2O2/c23-20(24)10-3-4-11-21-12-14-22(15-13-21)16-18-8-5-7-17-6-1-2-9-19(17)18/h1-2,5-9H,3-4,10-16H2,(H,23,24). The van der Waals surface area contributed by atoms with Gasteiger partial charge in [-0.25, -0.2) is 0 Å². The summed E-state index contributed by atoms with van der Waals surface area (Å²) < 4.78 is 0. The molecule has 128 valence electrons. The molecule has 0 spiro atoms. The fourth-order valence-electron chi connectivity index (χ4n) is 3.45. The number of nitrogens with zero attached hydrogens (tertiary/aromatic N) is 2. The van der Waals surface area contributed by atoms with E-state index in [9.17, 15) is 4.79 Å². The fourth-order valence-corrected chi connectivity index (χ4v) is 3.45. The van der Waals surface area contributed by atoms with Gasteiger partial charge in [0.25, 0.3) is 0 Å². The smallest absolute Gasteiger partial charge is 0.303 e. The maximum Gasteiger partial charge on any atom is 0.303 e. The van der Waals surface area contributed by atoms with Crippen molar-refractivity contribution in [2.45, 2.75) is 25.8 Å². The minimum absolute atomic E-state index is 0.293. The summed E-state index contributed by atoms with van der Waals surface area (Å²) in [4.78, 5) is 15.5. The van der Waals surface area contributed by atoms with Gasteiger partial charge in [-0.2, -0.15) is 0 Å². The molecule has 0 aromatic heterocycles. The van der Waals surface area contributed by atoms with E-state index in [1.54, 1.807) is 0 Å². The van der Waals surface area contributed by atoms with Gasteiger partial charge in [-0.15, -0.1) is 0 Å². The number of unbranched alkanes of at least 4 members (excludes halogenated alkanes) is 1. The number of hydrogen-bond acceptors (Lipinski definition) is 3. The number of benzene rings is 2. The van der Waals surface area contributed by atoms with E-state index in [1.807, 2.05) is 0 Å². The molecular formula is C20H26N2O2. The van der Waals surface area contributed by atoms with Crippen LogP contribution in [0.1, 0.15) is 24.8 Å². The Morgan fingerprint density at radius 1 is 0.917 bits per heavy atom. The van der Waals surface area contributed by atoms with E-state index < -0.39 is 5.97 Å². The van der Waals surface area contributed by atoms with Crippen molar-refractivity contribution in [1.29, 1.82) is 0 Å². The highest BCUT2D eigenvalue weighted by Crippen LogP contribution is 2.20. The Balaban J connectivity index is 1.47. The third kappa shape index (κ3) is 4.56. The molecule has 1 N–H and O–H groups in total. The first-order valence-corrected chi connectivity index (χ1v) is 8.85. The number of hydrogen-bond donors (Lipinski definition) is 1. The highest BCUT2D eigenvalue weighted by molar-refractivity contribution is 5.85. The molecule has 3 rings (SSSR count). The van der Waals surface area contributed by atoms with Crippen LogP contribution in [0.15, 0.2) is 42.5 Å². The SMILES string of the molecule is O=C(O)CCCCN1CCN(Cc2cccc3ccccc23)CC1. The largest absolute Gasteiger partial charge is 0.481 e. The second-order valence-corrected chi connectivity index (χ2v) is 6.61. The maximum atomic E-state index is 10.5. The third-order valence-corrected chi connectivity index (χ3v) is 4.85. The lowest BCUT2D eigenvalue weighted by molar-refractivity contribution is -0.137. The van der Waals surface area contributed by atoms with Crippen molar-refractivity contribution in [1.82, 2.24) is 9.80 Å². The number of rotatable bonds is 7. The van der Waals surface area contributed by atoms with Crippen LogP contribution >= 0.6 is 0 Å². The quantitative estimate of drug-likeness (QED) is 0.794. The van der Waals surface area contributed by atoms with E-state index in [1.165, 1.54) is 16.3 Å². The van der Waals surface area contributed by atoms with Gasteiger partial charge in [0.05, 0.1) is 0 Å². The molecule has 1 aliphatic rings. The highest BCUT2D eigenvalue weighted by Gasteiger charge is 2.17. The van der Waals surface area contributed by atoms with E-state index in [0.717, 1.165) is 52.1 Å². The van der Waals surface area contributed by atoms with E-state index in [2.05, 4.69) is 52.3 Å². The molecule has 1 saturated heterocycles. The predicted octanol–water partition coefficient (Wildman–Crippen LogP) is 3.21. The van der Waals surface area contributed by atoms with Crippen LogP contribution in [0.25, 0.3) is 10.8 Å². The van der Waals surface area contributed by atoms with Crippen LogP contribution in [0.4, 0.5) is 0 Å². The fraction of sp³-hybridized carbons (Fsp3) is 0.450. The molecule has 0 radical (unpaired) electrons. The van der Waals surface area contributed by atoms with Gasteiger partial charge in [0.2, 0.25) is 0 Å². The normalized spacial score (nSPS) is 16.5. The molecule has 0 atom stereocenters. The Morgan fingerprint density at radius 3 is 2.42 bits per heavy atom. The summed E-state index contributed by atoms with van der Waals surface area (Å²) in [6.07, 6.45) is 2.06. The summed E-state index contributed by atoms with van der Waals surface area (Å²) in [6.45, 7) is 6.36. The number of fused-ring (bicyclic) bond motifs is 1. The number of carboxylic acid groups (broad SMARTS) is 1. The molecule has 1 heterocycles. The minimum atomic E-state index is -0.685. The van der Waals surface area contributed by atoms with Crippen molar-refractivity contribution in [3.8, 4) is 0 Å². The maximum absolute atomic E-state index is 10.5. The lowest BCUT2D eigenvalue weighted by atomic mass is 10.0. The molecular weight excluding hydrogens is 300 g/mol. The Hall–Kier alpha value is -1.91. The summed E-state index contributed by atoms with van der Waals surface area (Å²) in [5.74, 6) is -0.685. The zero-order valence-corrected chi connectivity index (χ0v) is 14.2. The summed E-state index contributed by atoms with van der Waals surface area (Å²) in [6, 6.07) is 15.2. The molecule has 2 aromatic carbocycles. The first kappa shape index (κ1) is 16.9. The number of piperazine rings is 1. The van der Waals surface area contributed by atoms with Crippen molar-refractivity contribution >= 4 is 16.7 Å². The van der Waals surface area contributed by atoms with Crippen LogP contribution in [0.3, 0.4) is 0 Å². The number of aliphatic carboxylic acids is 1. The molecule has 0 aliphatic carbocycles. The van der Waals surface area contributed by atoms with Crippen LogP contribution in [0.5, 0.6) is 0 Å². The van der Waals surface area contributed by atoms with Gasteiger partial charge >= 0.3 is 5.97 Å². The molecule has 0 saturated carbocycles. The third-order valence-electron chi connectivity index (χ3n) is 4.85. The van der Waals surface area contributed by atoms with E-state index in [4.69, 9.17) is 5.11 Å². The van der Waals surface area contributed by atoms with Gasteiger partial charge in [0.15, 0.2) is 0 Å². The first-order valence-electron chi connectivity index (χ1n) is 8.85. The molecule has 1 fully saturated rings. The van der Waals surface area contributed by atoms with Crippen LogP contribution in [0.2, 0.25) is 0 Å². The van der Waals surface area contributed by atoms with Crippen molar-refractivity contribution in [2.75, 3.05) is 32.7 Å². The summed E-state index contributed by atoms with van der Waals surface area (Å²) in [7, 11) is 0. The highest BCUT2D eigenvalue weighted by atomic mass is 16.4. The van der Waals surface area contributed by atoms with Crippen molar-refractivity contribution in [3.05, 3.63) is 48.0 Å². The van der Waals surface area contributed by atoms with E-state index >= 15 is 0 Å². The van der Waals surface area contributed by atoms with Gasteiger partial charge in [-0.3, -0.25) is 9.69 Å². The van der Waals surface area contributed by atoms with Gasteiger partial charge in [0.1, 0.15) is 0 Å². The Kier molecular flexibility index (Phi) is 5.83. The van der Waals surface area contributed by atoms with Gasteiger partial charge in [-0.05, 0) is 35.7 Å². The Labute approximate surface area is 143 Å². The Bertz CT molecular complexity index is 673. The van der Waals surface area contributed by atoms with Crippen LogP contribution in [-0.4, -0.2) is 53.6 Å². The van der Waals surface area contributed by atoms with Gasteiger partial charge in [-0.1, -0.05) is 42.5 Å². The average molecular weight is 326 g/mol. The molecule has 0 bridgehead atoms. The molecule has 4 nitrogen and oxygen atoms in total. The zero-order chi connectivity index (χ0) is 16.8. The molecule has 0 unspecified atom stereocenters. The topological polar surface area (TPSA) is 43.8 Å². The second-order valence-electron chi connectivity index (χ2n) is 6.61. The lowest BCUT2D eigenvalue weighted by Crippen LogP contribution is -2.46. The minimum Gasteiger partial charge on any atom is -0.481 e. The van der Waals surface area contributed by atoms with Crippen LogP contribution in [-0.2, 0) is 11.3 Å². The van der Waals surface area contributed by atoms with Gasteiger partial charge < -0.3 is 10.0 Å². The summed E-state index contributed by atoms with van der Waals surface area (Å²) in [5, 5.41) is 11.3.